The molecule has 2 aromatic heterocycles. The third-order valence-corrected chi connectivity index (χ3v) is 4.73. The van der Waals surface area contributed by atoms with Crippen molar-refractivity contribution >= 4 is 11.3 Å². The summed E-state index contributed by atoms with van der Waals surface area (Å²) in [7, 11) is 0. The number of rotatable bonds is 6. The van der Waals surface area contributed by atoms with E-state index in [1.54, 1.807) is 6.26 Å². The third-order valence-electron chi connectivity index (χ3n) is 3.60. The van der Waals surface area contributed by atoms with Crippen molar-refractivity contribution in [2.75, 3.05) is 0 Å². The molecule has 0 bridgehead atoms. The number of furan rings is 1. The van der Waals surface area contributed by atoms with Crippen LogP contribution in [0.2, 0.25) is 0 Å². The van der Waals surface area contributed by atoms with Crippen LogP contribution in [0.15, 0.2) is 16.7 Å². The summed E-state index contributed by atoms with van der Waals surface area (Å²) in [5.41, 5.74) is 2.39. The molecule has 3 rings (SSSR count). The van der Waals surface area contributed by atoms with Crippen molar-refractivity contribution in [1.29, 1.82) is 0 Å². The van der Waals surface area contributed by atoms with Crippen molar-refractivity contribution < 1.29 is 4.42 Å². The summed E-state index contributed by atoms with van der Waals surface area (Å²) in [4.78, 5) is 6.26. The van der Waals surface area contributed by atoms with Gasteiger partial charge in [-0.2, -0.15) is 0 Å². The van der Waals surface area contributed by atoms with E-state index >= 15 is 0 Å². The lowest BCUT2D eigenvalue weighted by atomic mass is 10.1. The van der Waals surface area contributed by atoms with E-state index in [1.165, 1.54) is 23.4 Å². The zero-order valence-corrected chi connectivity index (χ0v) is 13.2. The fourth-order valence-corrected chi connectivity index (χ4v) is 3.43. The second-order valence-electron chi connectivity index (χ2n) is 6.03. The average molecular weight is 290 g/mol. The molecule has 2 aromatic rings. The summed E-state index contributed by atoms with van der Waals surface area (Å²) in [5, 5.41) is 4.70. The minimum atomic E-state index is 0.634. The molecule has 0 aliphatic heterocycles. The van der Waals surface area contributed by atoms with E-state index in [9.17, 15) is 0 Å². The molecule has 0 amide bonds. The lowest BCUT2D eigenvalue weighted by molar-refractivity contribution is 0.535. The number of hydrogen-bond acceptors (Lipinski definition) is 4. The van der Waals surface area contributed by atoms with Crippen LogP contribution in [0.5, 0.6) is 0 Å². The lowest BCUT2D eigenvalue weighted by Crippen LogP contribution is -2.15. The molecular weight excluding hydrogens is 268 g/mol. The Kier molecular flexibility index (Phi) is 3.94. The Bertz CT molecular complexity index is 581. The zero-order valence-electron chi connectivity index (χ0n) is 12.4. The van der Waals surface area contributed by atoms with Crippen molar-refractivity contribution in [1.82, 2.24) is 10.3 Å². The van der Waals surface area contributed by atoms with Gasteiger partial charge in [0.05, 0.1) is 17.5 Å². The predicted octanol–water partition coefficient (Wildman–Crippen LogP) is 4.16. The first-order chi connectivity index (χ1) is 9.63. The molecule has 1 aliphatic carbocycles. The largest absolute Gasteiger partial charge is 0.469 e. The van der Waals surface area contributed by atoms with E-state index in [-0.39, 0.29) is 0 Å². The molecule has 1 fully saturated rings. The first-order valence-corrected chi connectivity index (χ1v) is 8.21. The van der Waals surface area contributed by atoms with Gasteiger partial charge >= 0.3 is 0 Å². The van der Waals surface area contributed by atoms with Crippen LogP contribution >= 0.6 is 11.3 Å². The molecule has 1 N–H and O–H groups in total. The molecule has 20 heavy (non-hydrogen) atoms. The van der Waals surface area contributed by atoms with Gasteiger partial charge in [0.2, 0.25) is 0 Å². The smallest absolute Gasteiger partial charge is 0.127 e. The van der Waals surface area contributed by atoms with Crippen molar-refractivity contribution in [2.45, 2.75) is 52.6 Å². The first kappa shape index (κ1) is 13.8. The fourth-order valence-electron chi connectivity index (χ4n) is 2.31. The van der Waals surface area contributed by atoms with E-state index < -0.39 is 0 Å². The Morgan fingerprint density at radius 3 is 2.85 bits per heavy atom. The highest BCUT2D eigenvalue weighted by Crippen LogP contribution is 2.32. The van der Waals surface area contributed by atoms with Gasteiger partial charge in [-0.25, -0.2) is 4.98 Å². The van der Waals surface area contributed by atoms with Crippen molar-refractivity contribution in [3.05, 3.63) is 28.7 Å². The van der Waals surface area contributed by atoms with Crippen LogP contribution in [0, 0.1) is 12.8 Å². The van der Waals surface area contributed by atoms with Crippen LogP contribution in [0.3, 0.4) is 0 Å². The van der Waals surface area contributed by atoms with E-state index in [0.29, 0.717) is 5.92 Å². The van der Waals surface area contributed by atoms with Crippen LogP contribution in [-0.2, 0) is 13.0 Å². The average Bonchev–Trinajstić information content (AvgIpc) is 3.00. The van der Waals surface area contributed by atoms with Gasteiger partial charge in [-0.05, 0) is 38.2 Å². The Balaban J connectivity index is 1.85. The molecule has 1 aliphatic rings. The SMILES string of the molecule is Cc1occc1-c1nc(CC(C)C)c(CNC2CC2)s1. The first-order valence-electron chi connectivity index (χ1n) is 7.40. The fraction of sp³-hybridized carbons (Fsp3) is 0.562. The highest BCUT2D eigenvalue weighted by molar-refractivity contribution is 7.15. The van der Waals surface area contributed by atoms with Gasteiger partial charge < -0.3 is 9.73 Å². The standard InChI is InChI=1S/C16H22N2OS/c1-10(2)8-14-15(9-17-12-4-5-12)20-16(18-14)13-6-7-19-11(13)3/h6-7,10,12,17H,4-5,8-9H2,1-3H3. The monoisotopic (exact) mass is 290 g/mol. The molecule has 108 valence electrons. The summed E-state index contributed by atoms with van der Waals surface area (Å²) < 4.78 is 5.41. The van der Waals surface area contributed by atoms with Gasteiger partial charge in [0, 0.05) is 17.5 Å². The van der Waals surface area contributed by atoms with Crippen LogP contribution in [0.25, 0.3) is 10.6 Å². The highest BCUT2D eigenvalue weighted by Gasteiger charge is 2.22. The summed E-state index contributed by atoms with van der Waals surface area (Å²) in [5.74, 6) is 1.59. The van der Waals surface area contributed by atoms with Crippen LogP contribution in [-0.4, -0.2) is 11.0 Å². The van der Waals surface area contributed by atoms with Gasteiger partial charge in [0.15, 0.2) is 0 Å². The number of aromatic nitrogens is 1. The maximum absolute atomic E-state index is 5.41. The number of hydrogen-bond donors (Lipinski definition) is 1. The van der Waals surface area contributed by atoms with Crippen molar-refractivity contribution in [3.63, 3.8) is 0 Å². The number of nitrogens with zero attached hydrogens (tertiary/aromatic N) is 1. The van der Waals surface area contributed by atoms with Crippen LogP contribution in [0.4, 0.5) is 0 Å². The van der Waals surface area contributed by atoms with Crippen molar-refractivity contribution in [2.24, 2.45) is 5.92 Å². The summed E-state index contributed by atoms with van der Waals surface area (Å²) >= 11 is 1.81. The molecular formula is C16H22N2OS. The molecule has 0 aromatic carbocycles. The molecule has 0 atom stereocenters. The normalized spacial score (nSPS) is 15.2. The highest BCUT2D eigenvalue weighted by atomic mass is 32.1. The molecule has 2 heterocycles. The van der Waals surface area contributed by atoms with Gasteiger partial charge in [-0.1, -0.05) is 13.8 Å². The minimum Gasteiger partial charge on any atom is -0.469 e. The molecule has 1 saturated carbocycles. The minimum absolute atomic E-state index is 0.634. The van der Waals surface area contributed by atoms with Gasteiger partial charge in [0.25, 0.3) is 0 Å². The molecule has 4 heteroatoms. The summed E-state index contributed by atoms with van der Waals surface area (Å²) in [6, 6.07) is 2.76. The predicted molar refractivity (Wildman–Crippen MR) is 83.0 cm³/mol. The van der Waals surface area contributed by atoms with Crippen LogP contribution in [0.1, 0.15) is 43.0 Å². The van der Waals surface area contributed by atoms with Gasteiger partial charge in [-0.15, -0.1) is 11.3 Å². The van der Waals surface area contributed by atoms with Gasteiger partial charge in [0.1, 0.15) is 10.8 Å². The van der Waals surface area contributed by atoms with Crippen LogP contribution < -0.4 is 5.32 Å². The van der Waals surface area contributed by atoms with Crippen molar-refractivity contribution in [3.8, 4) is 10.6 Å². The number of thiazole rings is 1. The third kappa shape index (κ3) is 3.13. The Morgan fingerprint density at radius 2 is 2.25 bits per heavy atom. The summed E-state index contributed by atoms with van der Waals surface area (Å²) in [6.45, 7) is 7.46. The Morgan fingerprint density at radius 1 is 1.45 bits per heavy atom. The van der Waals surface area contributed by atoms with E-state index in [2.05, 4.69) is 19.2 Å². The molecule has 0 radical (unpaired) electrons. The second kappa shape index (κ2) is 5.70. The molecule has 0 saturated heterocycles. The quantitative estimate of drug-likeness (QED) is 0.868. The van der Waals surface area contributed by atoms with E-state index in [1.807, 2.05) is 24.3 Å². The lowest BCUT2D eigenvalue weighted by Gasteiger charge is -2.05. The summed E-state index contributed by atoms with van der Waals surface area (Å²) in [6.07, 6.45) is 5.45. The molecule has 0 spiro atoms. The topological polar surface area (TPSA) is 38.1 Å². The molecule has 3 nitrogen and oxygen atoms in total. The van der Waals surface area contributed by atoms with E-state index in [4.69, 9.17) is 9.40 Å². The molecule has 0 unspecified atom stereocenters. The maximum atomic E-state index is 5.41. The maximum Gasteiger partial charge on any atom is 0.127 e. The van der Waals surface area contributed by atoms with E-state index in [0.717, 1.165) is 35.3 Å². The second-order valence-corrected chi connectivity index (χ2v) is 7.12. The number of nitrogens with one attached hydrogen (secondary N) is 1. The Hall–Kier alpha value is -1.13. The zero-order chi connectivity index (χ0) is 14.1. The number of aryl methyl sites for hydroxylation is 1. The Labute approximate surface area is 124 Å². The van der Waals surface area contributed by atoms with Gasteiger partial charge in [-0.3, -0.25) is 0 Å².